The van der Waals surface area contributed by atoms with E-state index in [4.69, 9.17) is 0 Å². The van der Waals surface area contributed by atoms with E-state index in [1.807, 2.05) is 44.2 Å². The molecule has 0 spiro atoms. The maximum absolute atomic E-state index is 13.2. The first-order valence-electron chi connectivity index (χ1n) is 10.9. The van der Waals surface area contributed by atoms with E-state index in [0.717, 1.165) is 11.6 Å². The summed E-state index contributed by atoms with van der Waals surface area (Å²) in [7, 11) is -4.07. The Hall–Kier alpha value is -2.98. The second kappa shape index (κ2) is 9.88. The number of carbonyl (C=O) groups is 1. The number of hydrogen-bond acceptors (Lipinski definition) is 6. The van der Waals surface area contributed by atoms with Crippen LogP contribution in [0.15, 0.2) is 53.4 Å². The Labute approximate surface area is 193 Å². The predicted molar refractivity (Wildman–Crippen MR) is 124 cm³/mol. The minimum atomic E-state index is -4.07. The van der Waals surface area contributed by atoms with Crippen LogP contribution >= 0.6 is 0 Å². The number of rotatable bonds is 9. The molecule has 0 saturated heterocycles. The smallest absolute Gasteiger partial charge is 0.306 e. The van der Waals surface area contributed by atoms with E-state index in [0.29, 0.717) is 32.2 Å². The zero-order valence-corrected chi connectivity index (χ0v) is 19.5. The lowest BCUT2D eigenvalue weighted by Gasteiger charge is -2.42. The van der Waals surface area contributed by atoms with Gasteiger partial charge in [0.1, 0.15) is 5.69 Å². The van der Waals surface area contributed by atoms with Crippen LogP contribution in [0.2, 0.25) is 0 Å². The van der Waals surface area contributed by atoms with E-state index in [2.05, 4.69) is 10.0 Å². The molecule has 33 heavy (non-hydrogen) atoms. The number of anilines is 1. The minimum Gasteiger partial charge on any atom is -0.481 e. The second-order valence-electron chi connectivity index (χ2n) is 8.80. The summed E-state index contributed by atoms with van der Waals surface area (Å²) >= 11 is 0. The Balaban J connectivity index is 1.84. The summed E-state index contributed by atoms with van der Waals surface area (Å²) in [5.74, 6) is -1.44. The number of aliphatic carboxylic acids is 1. The number of benzene rings is 2. The van der Waals surface area contributed by atoms with Gasteiger partial charge in [-0.25, -0.2) is 13.1 Å². The van der Waals surface area contributed by atoms with E-state index < -0.39 is 32.4 Å². The van der Waals surface area contributed by atoms with Crippen LogP contribution in [0.1, 0.15) is 45.1 Å². The van der Waals surface area contributed by atoms with E-state index >= 15 is 0 Å². The summed E-state index contributed by atoms with van der Waals surface area (Å²) in [5.41, 5.74) is 0.0235. The molecule has 0 atom stereocenters. The normalized spacial score (nSPS) is 21.0. The number of carboxylic acid groups (broad SMARTS) is 1. The van der Waals surface area contributed by atoms with Gasteiger partial charge in [-0.3, -0.25) is 14.9 Å². The van der Waals surface area contributed by atoms with Gasteiger partial charge in [-0.2, -0.15) is 0 Å². The zero-order chi connectivity index (χ0) is 24.2. The summed E-state index contributed by atoms with van der Waals surface area (Å²) in [4.78, 5) is 22.2. The van der Waals surface area contributed by atoms with Gasteiger partial charge < -0.3 is 10.4 Å². The van der Waals surface area contributed by atoms with E-state index in [9.17, 15) is 28.4 Å². The van der Waals surface area contributed by atoms with Gasteiger partial charge in [-0.05, 0) is 49.3 Å². The Morgan fingerprint density at radius 1 is 1.18 bits per heavy atom. The predicted octanol–water partition coefficient (Wildman–Crippen LogP) is 4.15. The number of nitro groups is 1. The third-order valence-corrected chi connectivity index (χ3v) is 8.02. The summed E-state index contributed by atoms with van der Waals surface area (Å²) in [6.45, 7) is 4.14. The Morgan fingerprint density at radius 3 is 2.36 bits per heavy atom. The lowest BCUT2D eigenvalue weighted by molar-refractivity contribution is -0.384. The summed E-state index contributed by atoms with van der Waals surface area (Å²) < 4.78 is 29.2. The van der Waals surface area contributed by atoms with Crippen LogP contribution in [0, 0.1) is 22.0 Å². The molecule has 0 heterocycles. The van der Waals surface area contributed by atoms with Crippen molar-refractivity contribution in [2.24, 2.45) is 11.8 Å². The molecule has 1 aliphatic rings. The van der Waals surface area contributed by atoms with Gasteiger partial charge in [0.15, 0.2) is 0 Å². The number of carboxylic acids is 1. The quantitative estimate of drug-likeness (QED) is 0.366. The highest BCUT2D eigenvalue weighted by atomic mass is 32.2. The highest BCUT2D eigenvalue weighted by Gasteiger charge is 2.43. The van der Waals surface area contributed by atoms with Crippen LogP contribution in [0.3, 0.4) is 0 Å². The fourth-order valence-corrected chi connectivity index (χ4v) is 5.88. The molecular formula is C23H29N3O6S. The SMILES string of the molecule is CC(C)C1(NS(=O)(=O)c2ccc(NCc3ccccc3)c([N+](=O)[O-])c2)CCC(C(=O)O)CC1. The van der Waals surface area contributed by atoms with Crippen molar-refractivity contribution < 1.29 is 23.2 Å². The summed E-state index contributed by atoms with van der Waals surface area (Å²) in [5, 5.41) is 23.9. The van der Waals surface area contributed by atoms with Gasteiger partial charge in [0.25, 0.3) is 5.69 Å². The lowest BCUT2D eigenvalue weighted by Crippen LogP contribution is -2.54. The highest BCUT2D eigenvalue weighted by molar-refractivity contribution is 7.89. The van der Waals surface area contributed by atoms with Gasteiger partial charge in [-0.1, -0.05) is 44.2 Å². The van der Waals surface area contributed by atoms with Crippen LogP contribution in [0.5, 0.6) is 0 Å². The molecule has 0 unspecified atom stereocenters. The molecule has 0 bridgehead atoms. The molecule has 9 nitrogen and oxygen atoms in total. The molecule has 1 saturated carbocycles. The van der Waals surface area contributed by atoms with Crippen molar-refractivity contribution >= 4 is 27.4 Å². The van der Waals surface area contributed by atoms with E-state index in [1.54, 1.807) is 0 Å². The average molecular weight is 476 g/mol. The molecule has 3 rings (SSSR count). The summed E-state index contributed by atoms with van der Waals surface area (Å²) in [6.07, 6.45) is 1.52. The van der Waals surface area contributed by atoms with Gasteiger partial charge in [0.05, 0.1) is 15.7 Å². The Morgan fingerprint density at radius 2 is 1.82 bits per heavy atom. The second-order valence-corrected chi connectivity index (χ2v) is 10.5. The zero-order valence-electron chi connectivity index (χ0n) is 18.7. The fraction of sp³-hybridized carbons (Fsp3) is 0.435. The molecule has 10 heteroatoms. The highest BCUT2D eigenvalue weighted by Crippen LogP contribution is 2.39. The molecule has 2 aromatic carbocycles. The minimum absolute atomic E-state index is 0.0798. The van der Waals surface area contributed by atoms with Crippen molar-refractivity contribution in [2.75, 3.05) is 5.32 Å². The first-order valence-corrected chi connectivity index (χ1v) is 12.4. The van der Waals surface area contributed by atoms with Crippen molar-refractivity contribution in [3.05, 3.63) is 64.2 Å². The maximum Gasteiger partial charge on any atom is 0.306 e. The molecule has 2 aromatic rings. The molecule has 1 fully saturated rings. The number of nitrogens with one attached hydrogen (secondary N) is 2. The van der Waals surface area contributed by atoms with Gasteiger partial charge in [-0.15, -0.1) is 0 Å². The van der Waals surface area contributed by atoms with Crippen LogP contribution in [-0.2, 0) is 21.4 Å². The van der Waals surface area contributed by atoms with Gasteiger partial charge in [0.2, 0.25) is 10.0 Å². The van der Waals surface area contributed by atoms with Crippen LogP contribution in [0.25, 0.3) is 0 Å². The topological polar surface area (TPSA) is 139 Å². The molecular weight excluding hydrogens is 446 g/mol. The Bertz CT molecular complexity index is 1110. The number of sulfonamides is 1. The standard InChI is InChI=1S/C23H29N3O6S/c1-16(2)23(12-10-18(11-13-23)22(27)28)25-33(31,32)19-8-9-20(21(14-19)26(29)30)24-15-17-6-4-3-5-7-17/h3-9,14,16,18,24-25H,10-13,15H2,1-2H3,(H,27,28). The average Bonchev–Trinajstić information content (AvgIpc) is 2.78. The van der Waals surface area contributed by atoms with Crippen molar-refractivity contribution in [3.63, 3.8) is 0 Å². The monoisotopic (exact) mass is 475 g/mol. The first-order chi connectivity index (χ1) is 15.5. The van der Waals surface area contributed by atoms with Crippen molar-refractivity contribution in [1.29, 1.82) is 0 Å². The number of hydrogen-bond donors (Lipinski definition) is 3. The van der Waals surface area contributed by atoms with Crippen molar-refractivity contribution in [3.8, 4) is 0 Å². The molecule has 0 amide bonds. The van der Waals surface area contributed by atoms with Gasteiger partial charge in [0, 0.05) is 18.2 Å². The maximum atomic E-state index is 13.2. The molecule has 0 aliphatic heterocycles. The molecule has 0 radical (unpaired) electrons. The lowest BCUT2D eigenvalue weighted by atomic mass is 9.71. The van der Waals surface area contributed by atoms with E-state index in [-0.39, 0.29) is 22.2 Å². The number of nitrogens with zero attached hydrogens (tertiary/aromatic N) is 1. The fourth-order valence-electron chi connectivity index (χ4n) is 4.28. The van der Waals surface area contributed by atoms with Crippen LogP contribution in [-0.4, -0.2) is 30.0 Å². The molecule has 178 valence electrons. The van der Waals surface area contributed by atoms with Crippen LogP contribution < -0.4 is 10.0 Å². The Kier molecular flexibility index (Phi) is 7.38. The van der Waals surface area contributed by atoms with Crippen molar-refractivity contribution in [2.45, 2.75) is 56.5 Å². The van der Waals surface area contributed by atoms with Gasteiger partial charge >= 0.3 is 5.97 Å². The summed E-state index contributed by atoms with van der Waals surface area (Å²) in [6, 6.07) is 13.2. The van der Waals surface area contributed by atoms with Crippen LogP contribution in [0.4, 0.5) is 11.4 Å². The molecule has 3 N–H and O–H groups in total. The molecule has 1 aliphatic carbocycles. The third kappa shape index (κ3) is 5.69. The van der Waals surface area contributed by atoms with E-state index in [1.165, 1.54) is 12.1 Å². The largest absolute Gasteiger partial charge is 0.481 e. The van der Waals surface area contributed by atoms with Crippen molar-refractivity contribution in [1.82, 2.24) is 4.72 Å². The molecule has 0 aromatic heterocycles. The third-order valence-electron chi connectivity index (χ3n) is 6.47. The number of nitro benzene ring substituents is 1. The first kappa shape index (κ1) is 24.7.